The highest BCUT2D eigenvalue weighted by Crippen LogP contribution is 2.21. The first kappa shape index (κ1) is 14.1. The van der Waals surface area contributed by atoms with Gasteiger partial charge in [0.05, 0.1) is 4.47 Å². The van der Waals surface area contributed by atoms with Crippen molar-refractivity contribution in [2.45, 2.75) is 19.3 Å². The van der Waals surface area contributed by atoms with Crippen molar-refractivity contribution in [3.05, 3.63) is 64.4 Å². The third-order valence-electron chi connectivity index (χ3n) is 3.19. The number of halogens is 2. The van der Waals surface area contributed by atoms with E-state index in [0.717, 1.165) is 18.7 Å². The van der Waals surface area contributed by atoms with Crippen molar-refractivity contribution in [2.75, 3.05) is 11.9 Å². The predicted octanol–water partition coefficient (Wildman–Crippen LogP) is 5.19. The highest BCUT2D eigenvalue weighted by atomic mass is 79.9. The van der Waals surface area contributed by atoms with Crippen LogP contribution >= 0.6 is 15.9 Å². The Balaban J connectivity index is 1.85. The number of benzene rings is 2. The Kier molecular flexibility index (Phi) is 4.97. The van der Waals surface area contributed by atoms with E-state index in [2.05, 4.69) is 52.4 Å². The molecule has 0 aliphatic rings. The fourth-order valence-electron chi connectivity index (χ4n) is 1.99. The zero-order valence-corrected chi connectivity index (χ0v) is 12.5. The van der Waals surface area contributed by atoms with Crippen LogP contribution in [0, 0.1) is 5.82 Å². The fourth-order valence-corrected chi connectivity index (χ4v) is 2.23. The topological polar surface area (TPSA) is 12.0 Å². The van der Waals surface area contributed by atoms with E-state index in [-0.39, 0.29) is 5.82 Å². The van der Waals surface area contributed by atoms with Crippen molar-refractivity contribution in [1.29, 1.82) is 0 Å². The van der Waals surface area contributed by atoms with Crippen LogP contribution in [0.2, 0.25) is 0 Å². The largest absolute Gasteiger partial charge is 0.385 e. The molecule has 0 saturated carbocycles. The number of hydrogen-bond donors (Lipinski definition) is 1. The molecule has 2 aromatic carbocycles. The van der Waals surface area contributed by atoms with Crippen LogP contribution < -0.4 is 5.32 Å². The lowest BCUT2D eigenvalue weighted by Gasteiger charge is -2.13. The molecule has 0 fully saturated rings. The van der Waals surface area contributed by atoms with Gasteiger partial charge in [-0.3, -0.25) is 0 Å². The average Bonchev–Trinajstić information content (AvgIpc) is 2.43. The molecule has 3 heteroatoms. The minimum absolute atomic E-state index is 0.235. The Morgan fingerprint density at radius 2 is 1.89 bits per heavy atom. The molecule has 1 unspecified atom stereocenters. The van der Waals surface area contributed by atoms with E-state index in [1.807, 2.05) is 12.1 Å². The SMILES string of the molecule is CC(CCNc1ccc(Br)c(F)c1)c1ccccc1. The molecule has 0 aromatic heterocycles. The second kappa shape index (κ2) is 6.71. The van der Waals surface area contributed by atoms with Crippen molar-refractivity contribution in [1.82, 2.24) is 0 Å². The highest BCUT2D eigenvalue weighted by Gasteiger charge is 2.05. The van der Waals surface area contributed by atoms with E-state index >= 15 is 0 Å². The molecule has 2 aromatic rings. The molecular formula is C16H17BrFN. The van der Waals surface area contributed by atoms with Crippen LogP contribution in [0.5, 0.6) is 0 Å². The van der Waals surface area contributed by atoms with E-state index < -0.39 is 0 Å². The first-order chi connectivity index (χ1) is 9.16. The van der Waals surface area contributed by atoms with Gasteiger partial charge in [-0.1, -0.05) is 37.3 Å². The monoisotopic (exact) mass is 321 g/mol. The predicted molar refractivity (Wildman–Crippen MR) is 82.1 cm³/mol. The molecule has 1 atom stereocenters. The molecule has 0 aliphatic heterocycles. The van der Waals surface area contributed by atoms with Crippen molar-refractivity contribution >= 4 is 21.6 Å². The van der Waals surface area contributed by atoms with Crippen molar-refractivity contribution in [3.8, 4) is 0 Å². The Morgan fingerprint density at radius 3 is 2.58 bits per heavy atom. The van der Waals surface area contributed by atoms with Gasteiger partial charge in [0.15, 0.2) is 0 Å². The van der Waals surface area contributed by atoms with E-state index in [4.69, 9.17) is 0 Å². The Morgan fingerprint density at radius 1 is 1.16 bits per heavy atom. The maximum absolute atomic E-state index is 13.3. The number of rotatable bonds is 5. The number of hydrogen-bond acceptors (Lipinski definition) is 1. The first-order valence-corrected chi connectivity index (χ1v) is 7.20. The fraction of sp³-hybridized carbons (Fsp3) is 0.250. The smallest absolute Gasteiger partial charge is 0.139 e. The molecule has 0 bridgehead atoms. The zero-order valence-electron chi connectivity index (χ0n) is 10.9. The van der Waals surface area contributed by atoms with E-state index in [1.54, 1.807) is 6.07 Å². The molecule has 0 saturated heterocycles. The van der Waals surface area contributed by atoms with Gasteiger partial charge in [0.1, 0.15) is 5.82 Å². The summed E-state index contributed by atoms with van der Waals surface area (Å²) in [7, 11) is 0. The average molecular weight is 322 g/mol. The maximum atomic E-state index is 13.3. The zero-order chi connectivity index (χ0) is 13.7. The molecule has 1 nitrogen and oxygen atoms in total. The summed E-state index contributed by atoms with van der Waals surface area (Å²) < 4.78 is 13.8. The first-order valence-electron chi connectivity index (χ1n) is 6.40. The molecule has 0 spiro atoms. The normalized spacial score (nSPS) is 12.2. The Hall–Kier alpha value is -1.35. The molecule has 0 amide bonds. The summed E-state index contributed by atoms with van der Waals surface area (Å²) in [6, 6.07) is 15.5. The molecule has 19 heavy (non-hydrogen) atoms. The Labute approximate surface area is 122 Å². The summed E-state index contributed by atoms with van der Waals surface area (Å²) in [4.78, 5) is 0. The van der Waals surface area contributed by atoms with Gasteiger partial charge in [-0.25, -0.2) is 4.39 Å². The van der Waals surface area contributed by atoms with Gasteiger partial charge in [-0.05, 0) is 52.0 Å². The lowest BCUT2D eigenvalue weighted by atomic mass is 9.98. The van der Waals surface area contributed by atoms with Gasteiger partial charge in [-0.15, -0.1) is 0 Å². The van der Waals surface area contributed by atoms with Gasteiger partial charge in [0, 0.05) is 12.2 Å². The lowest BCUT2D eigenvalue weighted by molar-refractivity contribution is 0.621. The quantitative estimate of drug-likeness (QED) is 0.798. The van der Waals surface area contributed by atoms with E-state index in [1.165, 1.54) is 11.6 Å². The molecule has 0 heterocycles. The van der Waals surface area contributed by atoms with Crippen LogP contribution in [0.25, 0.3) is 0 Å². The standard InChI is InChI=1S/C16H17BrFN/c1-12(13-5-3-2-4-6-13)9-10-19-14-7-8-15(17)16(18)11-14/h2-8,11-12,19H,9-10H2,1H3. The second-order valence-corrected chi connectivity index (χ2v) is 5.51. The van der Waals surface area contributed by atoms with Gasteiger partial charge in [0.2, 0.25) is 0 Å². The maximum Gasteiger partial charge on any atom is 0.139 e. The summed E-state index contributed by atoms with van der Waals surface area (Å²) >= 11 is 3.15. The summed E-state index contributed by atoms with van der Waals surface area (Å²) in [5, 5.41) is 3.25. The summed E-state index contributed by atoms with van der Waals surface area (Å²) in [5.74, 6) is 0.259. The van der Waals surface area contributed by atoms with Gasteiger partial charge in [0.25, 0.3) is 0 Å². The molecule has 0 radical (unpaired) electrons. The van der Waals surface area contributed by atoms with Gasteiger partial charge < -0.3 is 5.32 Å². The molecule has 0 aliphatic carbocycles. The van der Waals surface area contributed by atoms with Crippen LogP contribution in [-0.4, -0.2) is 6.54 Å². The molecular weight excluding hydrogens is 305 g/mol. The van der Waals surface area contributed by atoms with E-state index in [0.29, 0.717) is 10.4 Å². The van der Waals surface area contributed by atoms with Crippen LogP contribution in [-0.2, 0) is 0 Å². The molecule has 2 rings (SSSR count). The Bertz CT molecular complexity index is 528. The van der Waals surface area contributed by atoms with Crippen LogP contribution in [0.4, 0.5) is 10.1 Å². The van der Waals surface area contributed by atoms with Crippen LogP contribution in [0.3, 0.4) is 0 Å². The van der Waals surface area contributed by atoms with Crippen molar-refractivity contribution in [3.63, 3.8) is 0 Å². The summed E-state index contributed by atoms with van der Waals surface area (Å²) in [5.41, 5.74) is 2.16. The third-order valence-corrected chi connectivity index (χ3v) is 3.84. The third kappa shape index (κ3) is 4.06. The van der Waals surface area contributed by atoms with Crippen LogP contribution in [0.15, 0.2) is 53.0 Å². The minimum atomic E-state index is -0.235. The number of anilines is 1. The van der Waals surface area contributed by atoms with Crippen molar-refractivity contribution in [2.24, 2.45) is 0 Å². The molecule has 1 N–H and O–H groups in total. The van der Waals surface area contributed by atoms with Gasteiger partial charge in [-0.2, -0.15) is 0 Å². The minimum Gasteiger partial charge on any atom is -0.385 e. The number of nitrogens with one attached hydrogen (secondary N) is 1. The van der Waals surface area contributed by atoms with E-state index in [9.17, 15) is 4.39 Å². The molecule has 100 valence electrons. The van der Waals surface area contributed by atoms with Gasteiger partial charge >= 0.3 is 0 Å². The second-order valence-electron chi connectivity index (χ2n) is 4.66. The van der Waals surface area contributed by atoms with Crippen molar-refractivity contribution < 1.29 is 4.39 Å². The highest BCUT2D eigenvalue weighted by molar-refractivity contribution is 9.10. The lowest BCUT2D eigenvalue weighted by Crippen LogP contribution is -2.06. The summed E-state index contributed by atoms with van der Waals surface area (Å²) in [6.45, 7) is 3.04. The summed E-state index contributed by atoms with van der Waals surface area (Å²) in [6.07, 6.45) is 1.02. The van der Waals surface area contributed by atoms with Crippen LogP contribution in [0.1, 0.15) is 24.8 Å².